The van der Waals surface area contributed by atoms with E-state index in [2.05, 4.69) is 40.7 Å². The van der Waals surface area contributed by atoms with Gasteiger partial charge in [0.25, 0.3) is 0 Å². The third kappa shape index (κ3) is 7.97. The van der Waals surface area contributed by atoms with Gasteiger partial charge in [-0.2, -0.15) is 0 Å². The van der Waals surface area contributed by atoms with Gasteiger partial charge in [-0.05, 0) is 18.6 Å². The van der Waals surface area contributed by atoms with Gasteiger partial charge in [-0.3, -0.25) is 0 Å². The predicted molar refractivity (Wildman–Crippen MR) is 78.9 cm³/mol. The number of rotatable bonds is 2. The minimum atomic E-state index is 0.436. The molecule has 2 heterocycles. The van der Waals surface area contributed by atoms with Gasteiger partial charge >= 0.3 is 0 Å². The molecule has 2 rings (SSSR count). The van der Waals surface area contributed by atoms with E-state index in [1.165, 1.54) is 0 Å². The van der Waals surface area contributed by atoms with Gasteiger partial charge in [-0.1, -0.05) is 34.6 Å². The lowest BCUT2D eigenvalue weighted by Crippen LogP contribution is -1.93. The fourth-order valence-electron chi connectivity index (χ4n) is 1.14. The number of aromatic nitrogens is 4. The zero-order valence-electron chi connectivity index (χ0n) is 12.5. The highest BCUT2D eigenvalue weighted by molar-refractivity contribution is 4.96. The zero-order valence-corrected chi connectivity index (χ0v) is 12.5. The molecular weight excluding hydrogens is 236 g/mol. The maximum Gasteiger partial charge on any atom is 0.130 e. The third-order valence-electron chi connectivity index (χ3n) is 2.11. The molecule has 0 aliphatic rings. The van der Waals surface area contributed by atoms with Crippen LogP contribution >= 0.6 is 0 Å². The molecule has 0 N–H and O–H groups in total. The van der Waals surface area contributed by atoms with Crippen LogP contribution in [-0.2, 0) is 6.42 Å². The Labute approximate surface area is 116 Å². The Morgan fingerprint density at radius 1 is 1.00 bits per heavy atom. The summed E-state index contributed by atoms with van der Waals surface area (Å²) in [6.45, 7) is 10.2. The lowest BCUT2D eigenvalue weighted by molar-refractivity contribution is 0.774. The van der Waals surface area contributed by atoms with Crippen molar-refractivity contribution in [3.8, 4) is 0 Å². The number of hydrogen-bond donors (Lipinski definition) is 0. The molecule has 0 bridgehead atoms. The van der Waals surface area contributed by atoms with Crippen LogP contribution in [0.3, 0.4) is 0 Å². The second-order valence-corrected chi connectivity index (χ2v) is 3.82. The minimum Gasteiger partial charge on any atom is -0.245 e. The molecular formula is C15H24N4. The van der Waals surface area contributed by atoms with E-state index in [1.807, 2.05) is 26.0 Å². The van der Waals surface area contributed by atoms with Gasteiger partial charge in [0.2, 0.25) is 0 Å². The van der Waals surface area contributed by atoms with Crippen LogP contribution in [0.2, 0.25) is 0 Å². The lowest BCUT2D eigenvalue weighted by atomic mass is 10.2. The van der Waals surface area contributed by atoms with Crippen molar-refractivity contribution in [2.45, 2.75) is 47.0 Å². The first-order valence-corrected chi connectivity index (χ1v) is 6.75. The van der Waals surface area contributed by atoms with Crippen molar-refractivity contribution in [1.82, 2.24) is 19.9 Å². The first-order valence-electron chi connectivity index (χ1n) is 6.75. The van der Waals surface area contributed by atoms with Crippen LogP contribution in [0.1, 0.15) is 52.1 Å². The van der Waals surface area contributed by atoms with Gasteiger partial charge in [0.1, 0.15) is 12.2 Å². The Morgan fingerprint density at radius 2 is 1.63 bits per heavy atom. The van der Waals surface area contributed by atoms with Crippen molar-refractivity contribution in [2.75, 3.05) is 0 Å². The first kappa shape index (κ1) is 17.2. The predicted octanol–water partition coefficient (Wildman–Crippen LogP) is 3.67. The number of aryl methyl sites for hydroxylation is 1. The normalized spacial score (nSPS) is 8.95. The van der Waals surface area contributed by atoms with Crippen molar-refractivity contribution in [3.05, 3.63) is 48.6 Å². The number of hydrogen-bond acceptors (Lipinski definition) is 4. The van der Waals surface area contributed by atoms with Crippen LogP contribution in [0.4, 0.5) is 0 Å². The van der Waals surface area contributed by atoms with Crippen LogP contribution in [0, 0.1) is 0 Å². The van der Waals surface area contributed by atoms with Crippen molar-refractivity contribution >= 4 is 0 Å². The van der Waals surface area contributed by atoms with Crippen molar-refractivity contribution < 1.29 is 0 Å². The Balaban J connectivity index is 0.000000303. The molecule has 0 atom stereocenters. The van der Waals surface area contributed by atoms with Crippen molar-refractivity contribution in [2.24, 2.45) is 0 Å². The summed E-state index contributed by atoms with van der Waals surface area (Å²) in [4.78, 5) is 15.9. The summed E-state index contributed by atoms with van der Waals surface area (Å²) in [5, 5.41) is 0. The second kappa shape index (κ2) is 11.3. The molecule has 0 aliphatic heterocycles. The summed E-state index contributed by atoms with van der Waals surface area (Å²) >= 11 is 0. The largest absolute Gasteiger partial charge is 0.245 e. The molecule has 0 saturated heterocycles. The molecule has 0 aromatic carbocycles. The van der Waals surface area contributed by atoms with Crippen LogP contribution in [-0.4, -0.2) is 19.9 Å². The average Bonchev–Trinajstić information content (AvgIpc) is 2.51. The van der Waals surface area contributed by atoms with Gasteiger partial charge in [0.15, 0.2) is 0 Å². The minimum absolute atomic E-state index is 0.436. The molecule has 104 valence electrons. The Bertz CT molecular complexity index is 401. The molecule has 0 fully saturated rings. The quantitative estimate of drug-likeness (QED) is 0.826. The van der Waals surface area contributed by atoms with Gasteiger partial charge in [-0.15, -0.1) is 0 Å². The van der Waals surface area contributed by atoms with Crippen LogP contribution in [0.25, 0.3) is 0 Å². The highest BCUT2D eigenvalue weighted by Gasteiger charge is 1.97. The van der Waals surface area contributed by atoms with Crippen molar-refractivity contribution in [3.63, 3.8) is 0 Å². The van der Waals surface area contributed by atoms with E-state index in [0.29, 0.717) is 5.92 Å². The van der Waals surface area contributed by atoms with E-state index in [1.54, 1.807) is 24.9 Å². The van der Waals surface area contributed by atoms with E-state index < -0.39 is 0 Å². The summed E-state index contributed by atoms with van der Waals surface area (Å²) in [6, 6.07) is 3.74. The zero-order chi connectivity index (χ0) is 14.5. The Hall–Kier alpha value is -1.84. The molecule has 2 aromatic heterocycles. The lowest BCUT2D eigenvalue weighted by Gasteiger charge is -1.98. The van der Waals surface area contributed by atoms with Crippen molar-refractivity contribution in [1.29, 1.82) is 0 Å². The summed E-state index contributed by atoms with van der Waals surface area (Å²) in [6.07, 6.45) is 7.85. The maximum absolute atomic E-state index is 4.07. The summed E-state index contributed by atoms with van der Waals surface area (Å²) in [5.74, 6) is 1.35. The molecule has 4 nitrogen and oxygen atoms in total. The summed E-state index contributed by atoms with van der Waals surface area (Å²) < 4.78 is 0. The monoisotopic (exact) mass is 260 g/mol. The maximum atomic E-state index is 4.07. The molecule has 4 heteroatoms. The Kier molecular flexibility index (Phi) is 10.2. The molecule has 0 radical (unpaired) electrons. The average molecular weight is 260 g/mol. The highest BCUT2D eigenvalue weighted by atomic mass is 14.9. The van der Waals surface area contributed by atoms with Gasteiger partial charge in [0, 0.05) is 30.2 Å². The molecule has 0 unspecified atom stereocenters. The highest BCUT2D eigenvalue weighted by Crippen LogP contribution is 2.04. The standard InChI is InChI=1S/C7H10N2.C6H8N2.C2H6/c1-6(2)7-8-4-3-5-9-7;1-2-6-3-4-7-5-8-6;1-2/h3-6H,1-2H3;3-5H,2H2,1H3;1-2H3. The third-order valence-corrected chi connectivity index (χ3v) is 2.11. The summed E-state index contributed by atoms with van der Waals surface area (Å²) in [5.41, 5.74) is 1.10. The van der Waals surface area contributed by atoms with Crippen LogP contribution < -0.4 is 0 Å². The van der Waals surface area contributed by atoms with E-state index >= 15 is 0 Å². The van der Waals surface area contributed by atoms with Gasteiger partial charge in [0.05, 0.1) is 0 Å². The first-order chi connectivity index (χ1) is 9.24. The molecule has 19 heavy (non-hydrogen) atoms. The fourth-order valence-corrected chi connectivity index (χ4v) is 1.14. The fraction of sp³-hybridized carbons (Fsp3) is 0.467. The SMILES string of the molecule is CC.CC(C)c1ncccn1.CCc1ccncn1. The second-order valence-electron chi connectivity index (χ2n) is 3.82. The molecule has 0 amide bonds. The number of nitrogens with zero attached hydrogens (tertiary/aromatic N) is 4. The van der Waals surface area contributed by atoms with E-state index in [4.69, 9.17) is 0 Å². The molecule has 2 aromatic rings. The summed E-state index contributed by atoms with van der Waals surface area (Å²) in [7, 11) is 0. The Morgan fingerprint density at radius 3 is 1.95 bits per heavy atom. The smallest absolute Gasteiger partial charge is 0.130 e. The molecule has 0 saturated carbocycles. The topological polar surface area (TPSA) is 51.6 Å². The van der Waals surface area contributed by atoms with Gasteiger partial charge in [-0.25, -0.2) is 19.9 Å². The van der Waals surface area contributed by atoms with E-state index in [0.717, 1.165) is 17.9 Å². The van der Waals surface area contributed by atoms with Gasteiger partial charge < -0.3 is 0 Å². The van der Waals surface area contributed by atoms with E-state index in [-0.39, 0.29) is 0 Å². The van der Waals surface area contributed by atoms with Crippen LogP contribution in [0.15, 0.2) is 37.1 Å². The molecule has 0 spiro atoms. The van der Waals surface area contributed by atoms with Crippen LogP contribution in [0.5, 0.6) is 0 Å². The molecule has 0 aliphatic carbocycles. The van der Waals surface area contributed by atoms with E-state index in [9.17, 15) is 0 Å².